The van der Waals surface area contributed by atoms with Gasteiger partial charge in [-0.3, -0.25) is 4.90 Å². The molecule has 2 atom stereocenters. The van der Waals surface area contributed by atoms with Crippen LogP contribution in [0, 0.1) is 11.8 Å². The van der Waals surface area contributed by atoms with Crippen molar-refractivity contribution in [3.63, 3.8) is 0 Å². The van der Waals surface area contributed by atoms with Crippen molar-refractivity contribution in [2.24, 2.45) is 0 Å². The Balaban J connectivity index is 1.65. The molecule has 0 spiro atoms. The van der Waals surface area contributed by atoms with Gasteiger partial charge >= 0.3 is 0 Å². The summed E-state index contributed by atoms with van der Waals surface area (Å²) in [6.45, 7) is 2.81. The molecule has 3 rings (SSSR count). The van der Waals surface area contributed by atoms with Gasteiger partial charge in [-0.15, -0.1) is 0 Å². The molecule has 1 saturated carbocycles. The third kappa shape index (κ3) is 3.04. The minimum Gasteiger partial charge on any atom is -0.384 e. The second-order valence-electron chi connectivity index (χ2n) is 5.53. The third-order valence-electron chi connectivity index (χ3n) is 4.25. The summed E-state index contributed by atoms with van der Waals surface area (Å²) in [4.78, 5) is 2.57. The van der Waals surface area contributed by atoms with Crippen molar-refractivity contribution in [3.8, 4) is 11.8 Å². The Hall–Kier alpha value is -1.34. The SMILES string of the molecule is OCC#Cc1ccc(CN2CCOC3CCCC32)cc1. The number of aliphatic hydroxyl groups is 1. The Kier molecular flexibility index (Phi) is 4.37. The molecule has 3 heteroatoms. The molecule has 0 bridgehead atoms. The van der Waals surface area contributed by atoms with Gasteiger partial charge in [0.15, 0.2) is 0 Å². The van der Waals surface area contributed by atoms with Crippen LogP contribution in [0.4, 0.5) is 0 Å². The van der Waals surface area contributed by atoms with Gasteiger partial charge in [-0.2, -0.15) is 0 Å². The fourth-order valence-electron chi connectivity index (χ4n) is 3.27. The first-order valence-electron chi connectivity index (χ1n) is 7.41. The third-order valence-corrected chi connectivity index (χ3v) is 4.25. The smallest absolute Gasteiger partial charge is 0.104 e. The molecule has 0 radical (unpaired) electrons. The molecule has 1 saturated heterocycles. The second-order valence-corrected chi connectivity index (χ2v) is 5.53. The summed E-state index contributed by atoms with van der Waals surface area (Å²) in [7, 11) is 0. The molecule has 1 aliphatic heterocycles. The van der Waals surface area contributed by atoms with Gasteiger partial charge < -0.3 is 9.84 Å². The molecule has 1 heterocycles. The van der Waals surface area contributed by atoms with Crippen LogP contribution in [-0.4, -0.2) is 41.9 Å². The molecule has 1 aromatic carbocycles. The van der Waals surface area contributed by atoms with Gasteiger partial charge in [0, 0.05) is 24.7 Å². The maximum Gasteiger partial charge on any atom is 0.104 e. The zero-order valence-electron chi connectivity index (χ0n) is 11.7. The molecule has 2 aliphatic rings. The van der Waals surface area contributed by atoms with E-state index in [0.717, 1.165) is 25.3 Å². The highest BCUT2D eigenvalue weighted by molar-refractivity contribution is 5.36. The van der Waals surface area contributed by atoms with Crippen LogP contribution >= 0.6 is 0 Å². The molecule has 1 aromatic rings. The Bertz CT molecular complexity index is 500. The highest BCUT2D eigenvalue weighted by atomic mass is 16.5. The lowest BCUT2D eigenvalue weighted by molar-refractivity contribution is -0.0588. The first-order chi connectivity index (χ1) is 9.86. The van der Waals surface area contributed by atoms with Crippen LogP contribution in [0.3, 0.4) is 0 Å². The number of morpholine rings is 1. The van der Waals surface area contributed by atoms with Crippen LogP contribution in [0.5, 0.6) is 0 Å². The standard InChI is InChI=1S/C17H21NO2/c19-11-2-3-14-6-8-15(9-7-14)13-18-10-12-20-17-5-1-4-16(17)18/h6-9,16-17,19H,1,4-5,10-13H2. The topological polar surface area (TPSA) is 32.7 Å². The van der Waals surface area contributed by atoms with Crippen molar-refractivity contribution in [2.75, 3.05) is 19.8 Å². The summed E-state index contributed by atoms with van der Waals surface area (Å²) < 4.78 is 5.85. The largest absolute Gasteiger partial charge is 0.384 e. The van der Waals surface area contributed by atoms with Crippen LogP contribution in [-0.2, 0) is 11.3 Å². The van der Waals surface area contributed by atoms with Crippen molar-refractivity contribution in [1.82, 2.24) is 4.90 Å². The zero-order valence-corrected chi connectivity index (χ0v) is 11.7. The number of fused-ring (bicyclic) bond motifs is 1. The minimum atomic E-state index is -0.0847. The number of aliphatic hydroxyl groups excluding tert-OH is 1. The summed E-state index contributed by atoms with van der Waals surface area (Å²) in [5.74, 6) is 5.60. The number of ether oxygens (including phenoxy) is 1. The van der Waals surface area contributed by atoms with E-state index < -0.39 is 0 Å². The highest BCUT2D eigenvalue weighted by Crippen LogP contribution is 2.30. The lowest BCUT2D eigenvalue weighted by Gasteiger charge is -2.37. The summed E-state index contributed by atoms with van der Waals surface area (Å²) in [6.07, 6.45) is 4.24. The fourth-order valence-corrected chi connectivity index (χ4v) is 3.27. The molecule has 0 amide bonds. The molecular formula is C17H21NO2. The van der Waals surface area contributed by atoms with E-state index in [2.05, 4.69) is 28.9 Å². The van der Waals surface area contributed by atoms with E-state index in [1.165, 1.54) is 24.8 Å². The summed E-state index contributed by atoms with van der Waals surface area (Å²) >= 11 is 0. The number of benzene rings is 1. The first-order valence-corrected chi connectivity index (χ1v) is 7.41. The quantitative estimate of drug-likeness (QED) is 0.832. The van der Waals surface area contributed by atoms with Crippen molar-refractivity contribution in [1.29, 1.82) is 0 Å². The van der Waals surface area contributed by atoms with Crippen molar-refractivity contribution in [3.05, 3.63) is 35.4 Å². The Morgan fingerprint density at radius 3 is 2.90 bits per heavy atom. The van der Waals surface area contributed by atoms with Crippen LogP contribution < -0.4 is 0 Å². The minimum absolute atomic E-state index is 0.0847. The maximum absolute atomic E-state index is 8.69. The van der Waals surface area contributed by atoms with Gasteiger partial charge in [0.2, 0.25) is 0 Å². The van der Waals surface area contributed by atoms with Gasteiger partial charge in [-0.25, -0.2) is 0 Å². The molecule has 2 unspecified atom stereocenters. The Morgan fingerprint density at radius 2 is 2.10 bits per heavy atom. The van der Waals surface area contributed by atoms with E-state index in [1.54, 1.807) is 0 Å². The first kappa shape index (κ1) is 13.6. The van der Waals surface area contributed by atoms with Crippen LogP contribution in [0.25, 0.3) is 0 Å². The number of hydrogen-bond acceptors (Lipinski definition) is 3. The molecule has 20 heavy (non-hydrogen) atoms. The molecule has 1 aliphatic carbocycles. The predicted octanol–water partition coefficient (Wildman–Crippen LogP) is 1.78. The summed E-state index contributed by atoms with van der Waals surface area (Å²) in [5, 5.41) is 8.69. The van der Waals surface area contributed by atoms with Crippen LogP contribution in [0.15, 0.2) is 24.3 Å². The lowest BCUT2D eigenvalue weighted by Crippen LogP contribution is -2.47. The molecule has 2 fully saturated rings. The maximum atomic E-state index is 8.69. The fraction of sp³-hybridized carbons (Fsp3) is 0.529. The molecule has 106 valence electrons. The number of hydrogen-bond donors (Lipinski definition) is 1. The van der Waals surface area contributed by atoms with E-state index in [4.69, 9.17) is 9.84 Å². The molecule has 1 N–H and O–H groups in total. The van der Waals surface area contributed by atoms with E-state index in [-0.39, 0.29) is 6.61 Å². The second kappa shape index (κ2) is 6.41. The van der Waals surface area contributed by atoms with Gasteiger partial charge in [0.1, 0.15) is 6.61 Å². The van der Waals surface area contributed by atoms with Crippen LogP contribution in [0.1, 0.15) is 30.4 Å². The zero-order chi connectivity index (χ0) is 13.8. The van der Waals surface area contributed by atoms with E-state index in [1.807, 2.05) is 12.1 Å². The Morgan fingerprint density at radius 1 is 1.25 bits per heavy atom. The van der Waals surface area contributed by atoms with Crippen molar-refractivity contribution >= 4 is 0 Å². The monoisotopic (exact) mass is 271 g/mol. The van der Waals surface area contributed by atoms with Gasteiger partial charge in [0.25, 0.3) is 0 Å². The van der Waals surface area contributed by atoms with Crippen molar-refractivity contribution < 1.29 is 9.84 Å². The summed E-state index contributed by atoms with van der Waals surface area (Å²) in [5.41, 5.74) is 2.29. The van der Waals surface area contributed by atoms with Gasteiger partial charge in [-0.05, 0) is 37.0 Å². The highest BCUT2D eigenvalue weighted by Gasteiger charge is 2.35. The van der Waals surface area contributed by atoms with Crippen molar-refractivity contribution in [2.45, 2.75) is 38.0 Å². The summed E-state index contributed by atoms with van der Waals surface area (Å²) in [6, 6.07) is 8.95. The van der Waals surface area contributed by atoms with E-state index >= 15 is 0 Å². The van der Waals surface area contributed by atoms with E-state index in [9.17, 15) is 0 Å². The lowest BCUT2D eigenvalue weighted by atomic mass is 10.1. The average Bonchev–Trinajstić information content (AvgIpc) is 2.96. The normalized spacial score (nSPS) is 25.9. The van der Waals surface area contributed by atoms with Crippen LogP contribution in [0.2, 0.25) is 0 Å². The Labute approximate surface area is 120 Å². The molecule has 3 nitrogen and oxygen atoms in total. The van der Waals surface area contributed by atoms with Gasteiger partial charge in [0.05, 0.1) is 12.7 Å². The van der Waals surface area contributed by atoms with Gasteiger partial charge in [-0.1, -0.05) is 24.0 Å². The van der Waals surface area contributed by atoms with E-state index in [0.29, 0.717) is 12.1 Å². The number of rotatable bonds is 2. The average molecular weight is 271 g/mol. The molecular weight excluding hydrogens is 250 g/mol. The number of nitrogens with zero attached hydrogens (tertiary/aromatic N) is 1. The molecule has 0 aromatic heterocycles. The predicted molar refractivity (Wildman–Crippen MR) is 78.2 cm³/mol.